The molecular formula is C20H22N2O3S2. The van der Waals surface area contributed by atoms with Crippen molar-refractivity contribution in [2.45, 2.75) is 43.5 Å². The highest BCUT2D eigenvalue weighted by Crippen LogP contribution is 2.26. The Morgan fingerprint density at radius 3 is 2.59 bits per heavy atom. The second-order valence-electron chi connectivity index (χ2n) is 7.13. The lowest BCUT2D eigenvalue weighted by Crippen LogP contribution is -2.27. The van der Waals surface area contributed by atoms with Gasteiger partial charge in [0.2, 0.25) is 10.0 Å². The van der Waals surface area contributed by atoms with E-state index in [9.17, 15) is 13.2 Å². The number of nitrogens with zero attached hydrogens (tertiary/aromatic N) is 1. The monoisotopic (exact) mass is 402 g/mol. The summed E-state index contributed by atoms with van der Waals surface area (Å²) in [7, 11) is -1.99. The van der Waals surface area contributed by atoms with Crippen LogP contribution in [0.3, 0.4) is 0 Å². The minimum atomic E-state index is -3.68. The highest BCUT2D eigenvalue weighted by atomic mass is 32.2. The third-order valence-electron chi connectivity index (χ3n) is 5.28. The van der Waals surface area contributed by atoms with Gasteiger partial charge in [0.05, 0.1) is 15.1 Å². The Labute approximate surface area is 162 Å². The van der Waals surface area contributed by atoms with Crippen molar-refractivity contribution in [3.8, 4) is 0 Å². The molecule has 0 saturated heterocycles. The molecule has 5 nitrogen and oxygen atoms in total. The maximum Gasteiger partial charge on any atom is 0.307 e. The summed E-state index contributed by atoms with van der Waals surface area (Å²) in [6, 6.07) is 10.8. The van der Waals surface area contributed by atoms with Gasteiger partial charge in [-0.1, -0.05) is 29.5 Å². The van der Waals surface area contributed by atoms with Crippen LogP contribution in [-0.4, -0.2) is 13.0 Å². The summed E-state index contributed by atoms with van der Waals surface area (Å²) in [6.45, 7) is 1.86. The van der Waals surface area contributed by atoms with Crippen LogP contribution in [0.25, 0.3) is 10.2 Å². The molecule has 142 valence electrons. The van der Waals surface area contributed by atoms with Crippen LogP contribution >= 0.6 is 11.3 Å². The van der Waals surface area contributed by atoms with Crippen molar-refractivity contribution >= 4 is 31.6 Å². The summed E-state index contributed by atoms with van der Waals surface area (Å²) in [5.41, 5.74) is 4.43. The van der Waals surface area contributed by atoms with Crippen molar-refractivity contribution in [1.82, 2.24) is 9.29 Å². The molecule has 2 aromatic carbocycles. The van der Waals surface area contributed by atoms with Gasteiger partial charge in [-0.3, -0.25) is 4.79 Å². The molecule has 0 radical (unpaired) electrons. The Balaban J connectivity index is 1.62. The van der Waals surface area contributed by atoms with E-state index in [4.69, 9.17) is 0 Å². The fourth-order valence-corrected chi connectivity index (χ4v) is 5.92. The van der Waals surface area contributed by atoms with Crippen LogP contribution in [-0.2, 0) is 29.9 Å². The van der Waals surface area contributed by atoms with E-state index >= 15 is 0 Å². The zero-order valence-electron chi connectivity index (χ0n) is 15.4. The number of benzene rings is 2. The van der Waals surface area contributed by atoms with E-state index in [0.29, 0.717) is 4.70 Å². The number of nitrogens with one attached hydrogen (secondary N) is 1. The van der Waals surface area contributed by atoms with E-state index in [2.05, 4.69) is 16.9 Å². The number of hydrogen-bond acceptors (Lipinski definition) is 4. The van der Waals surface area contributed by atoms with Crippen LogP contribution in [0, 0.1) is 0 Å². The Morgan fingerprint density at radius 2 is 1.81 bits per heavy atom. The Hall–Kier alpha value is -1.96. The van der Waals surface area contributed by atoms with Crippen molar-refractivity contribution in [3.63, 3.8) is 0 Å². The quantitative estimate of drug-likeness (QED) is 0.726. The fourth-order valence-electron chi connectivity index (χ4n) is 3.67. The maximum atomic E-state index is 12.8. The van der Waals surface area contributed by atoms with Crippen LogP contribution in [0.4, 0.5) is 0 Å². The molecule has 1 aliphatic rings. The van der Waals surface area contributed by atoms with Gasteiger partial charge in [0.25, 0.3) is 0 Å². The van der Waals surface area contributed by atoms with Crippen LogP contribution in [0.5, 0.6) is 0 Å². The van der Waals surface area contributed by atoms with Crippen molar-refractivity contribution in [1.29, 1.82) is 0 Å². The molecule has 0 amide bonds. The van der Waals surface area contributed by atoms with E-state index in [-0.39, 0.29) is 15.8 Å². The average Bonchev–Trinajstić information content (AvgIpc) is 2.94. The molecule has 1 N–H and O–H groups in total. The summed E-state index contributed by atoms with van der Waals surface area (Å²) in [5.74, 6) is 0. The van der Waals surface area contributed by atoms with Gasteiger partial charge in [0.15, 0.2) is 0 Å². The average molecular weight is 403 g/mol. The van der Waals surface area contributed by atoms with Gasteiger partial charge in [-0.05, 0) is 67.5 Å². The number of rotatable bonds is 4. The molecule has 0 spiro atoms. The number of aromatic nitrogens is 1. The number of fused-ring (bicyclic) bond motifs is 2. The molecule has 1 atom stereocenters. The van der Waals surface area contributed by atoms with Crippen molar-refractivity contribution in [3.05, 3.63) is 62.8 Å². The predicted octanol–water partition coefficient (Wildman–Crippen LogP) is 3.52. The smallest absolute Gasteiger partial charge is 0.302 e. The molecule has 1 heterocycles. The summed E-state index contributed by atoms with van der Waals surface area (Å²) in [6.07, 6.45) is 4.58. The Morgan fingerprint density at radius 1 is 1.07 bits per heavy atom. The van der Waals surface area contributed by atoms with E-state index in [1.165, 1.54) is 28.5 Å². The minimum absolute atomic E-state index is 0.102. The molecule has 0 aliphatic heterocycles. The molecule has 7 heteroatoms. The first-order valence-corrected chi connectivity index (χ1v) is 11.4. The predicted molar refractivity (Wildman–Crippen MR) is 109 cm³/mol. The first-order chi connectivity index (χ1) is 12.8. The zero-order chi connectivity index (χ0) is 19.2. The van der Waals surface area contributed by atoms with E-state index in [1.54, 1.807) is 25.2 Å². The number of aryl methyl sites for hydroxylation is 3. The van der Waals surface area contributed by atoms with Crippen LogP contribution in [0.2, 0.25) is 0 Å². The molecule has 0 bridgehead atoms. The van der Waals surface area contributed by atoms with Gasteiger partial charge in [-0.25, -0.2) is 13.1 Å². The molecule has 0 saturated carbocycles. The van der Waals surface area contributed by atoms with Crippen molar-refractivity contribution < 1.29 is 8.42 Å². The largest absolute Gasteiger partial charge is 0.307 e. The lowest BCUT2D eigenvalue weighted by atomic mass is 9.89. The Bertz CT molecular complexity index is 1180. The summed E-state index contributed by atoms with van der Waals surface area (Å²) < 4.78 is 30.7. The van der Waals surface area contributed by atoms with Crippen LogP contribution in [0.1, 0.15) is 42.5 Å². The molecule has 3 aromatic rings. The van der Waals surface area contributed by atoms with Gasteiger partial charge in [0, 0.05) is 13.1 Å². The number of hydrogen-bond donors (Lipinski definition) is 1. The highest BCUT2D eigenvalue weighted by Gasteiger charge is 2.21. The molecule has 0 unspecified atom stereocenters. The summed E-state index contributed by atoms with van der Waals surface area (Å²) in [4.78, 5) is 11.9. The third-order valence-corrected chi connectivity index (χ3v) is 7.81. The first kappa shape index (κ1) is 18.4. The molecule has 4 rings (SSSR count). The summed E-state index contributed by atoms with van der Waals surface area (Å²) >= 11 is 1.05. The topological polar surface area (TPSA) is 68.2 Å². The van der Waals surface area contributed by atoms with E-state index in [0.717, 1.165) is 35.3 Å². The fraction of sp³-hybridized carbons (Fsp3) is 0.350. The third kappa shape index (κ3) is 3.47. The second kappa shape index (κ2) is 6.89. The lowest BCUT2D eigenvalue weighted by Gasteiger charge is -2.20. The molecular weight excluding hydrogens is 380 g/mol. The SMILES string of the molecule is C[C@@H](NS(=O)(=O)c1ccc2c(c1)sc(=O)n2C)c1ccc2c(c1)CCCC2. The number of sulfonamides is 1. The standard InChI is InChI=1S/C20H22N2O3S2/c1-13(15-8-7-14-5-3-4-6-16(14)11-15)21-27(24,25)17-9-10-18-19(12-17)26-20(23)22(18)2/h7-13,21H,3-6H2,1-2H3/t13-/m1/s1. The molecule has 27 heavy (non-hydrogen) atoms. The second-order valence-corrected chi connectivity index (χ2v) is 9.84. The van der Waals surface area contributed by atoms with Crippen molar-refractivity contribution in [2.24, 2.45) is 7.05 Å². The van der Waals surface area contributed by atoms with Gasteiger partial charge >= 0.3 is 4.87 Å². The highest BCUT2D eigenvalue weighted by molar-refractivity contribution is 7.89. The zero-order valence-corrected chi connectivity index (χ0v) is 17.0. The molecule has 1 aromatic heterocycles. The van der Waals surface area contributed by atoms with E-state index < -0.39 is 10.0 Å². The van der Waals surface area contributed by atoms with E-state index in [1.807, 2.05) is 13.0 Å². The molecule has 1 aliphatic carbocycles. The van der Waals surface area contributed by atoms with Gasteiger partial charge in [-0.15, -0.1) is 0 Å². The normalized spacial score (nSPS) is 15.6. The summed E-state index contributed by atoms with van der Waals surface area (Å²) in [5, 5.41) is 0. The van der Waals surface area contributed by atoms with Crippen LogP contribution in [0.15, 0.2) is 46.1 Å². The van der Waals surface area contributed by atoms with Gasteiger partial charge in [0.1, 0.15) is 0 Å². The minimum Gasteiger partial charge on any atom is -0.302 e. The molecule has 0 fully saturated rings. The number of thiazole rings is 1. The van der Waals surface area contributed by atoms with Crippen LogP contribution < -0.4 is 9.60 Å². The lowest BCUT2D eigenvalue weighted by molar-refractivity contribution is 0.566. The maximum absolute atomic E-state index is 12.8. The Kier molecular flexibility index (Phi) is 4.70. The van der Waals surface area contributed by atoms with Gasteiger partial charge in [-0.2, -0.15) is 0 Å². The van der Waals surface area contributed by atoms with Crippen molar-refractivity contribution in [2.75, 3.05) is 0 Å². The first-order valence-electron chi connectivity index (χ1n) is 9.09. The van der Waals surface area contributed by atoms with Gasteiger partial charge < -0.3 is 4.57 Å².